The van der Waals surface area contributed by atoms with Crippen molar-refractivity contribution in [3.63, 3.8) is 0 Å². The van der Waals surface area contributed by atoms with E-state index in [0.29, 0.717) is 6.54 Å². The summed E-state index contributed by atoms with van der Waals surface area (Å²) in [5.74, 6) is -0.115. The first kappa shape index (κ1) is 15.3. The van der Waals surface area contributed by atoms with Crippen molar-refractivity contribution >= 4 is 17.5 Å². The number of amides is 1. The highest BCUT2D eigenvalue weighted by molar-refractivity contribution is 6.29. The van der Waals surface area contributed by atoms with Gasteiger partial charge >= 0.3 is 6.61 Å². The molecule has 1 heterocycles. The first-order chi connectivity index (χ1) is 9.95. The Balaban J connectivity index is 1.99. The number of ether oxygens (including phenoxy) is 1. The molecule has 0 unspecified atom stereocenters. The molecule has 7 heteroatoms. The quantitative estimate of drug-likeness (QED) is 0.842. The molecule has 0 bridgehead atoms. The van der Waals surface area contributed by atoms with Gasteiger partial charge in [0.2, 0.25) is 0 Å². The van der Waals surface area contributed by atoms with Crippen molar-refractivity contribution in [3.8, 4) is 5.75 Å². The molecule has 0 saturated carbocycles. The molecule has 4 nitrogen and oxygen atoms in total. The van der Waals surface area contributed by atoms with Gasteiger partial charge in [0.25, 0.3) is 5.91 Å². The molecule has 0 saturated heterocycles. The Labute approximate surface area is 124 Å². The minimum atomic E-state index is -2.86. The molecule has 0 aliphatic rings. The minimum absolute atomic E-state index is 0.0699. The lowest BCUT2D eigenvalue weighted by molar-refractivity contribution is -0.0498. The molecular formula is C14H12ClF2NO3. The molecule has 2 rings (SSSR count). The first-order valence-corrected chi connectivity index (χ1v) is 6.38. The van der Waals surface area contributed by atoms with Crippen LogP contribution in [-0.2, 0) is 6.54 Å². The van der Waals surface area contributed by atoms with Crippen LogP contribution in [0.25, 0.3) is 0 Å². The monoisotopic (exact) mass is 315 g/mol. The summed E-state index contributed by atoms with van der Waals surface area (Å²) in [6.45, 7) is -2.56. The van der Waals surface area contributed by atoms with E-state index >= 15 is 0 Å². The van der Waals surface area contributed by atoms with Crippen molar-refractivity contribution in [1.82, 2.24) is 4.90 Å². The van der Waals surface area contributed by atoms with Crippen LogP contribution >= 0.6 is 11.6 Å². The van der Waals surface area contributed by atoms with E-state index in [4.69, 9.17) is 16.0 Å². The smallest absolute Gasteiger partial charge is 0.387 e. The van der Waals surface area contributed by atoms with Gasteiger partial charge in [-0.1, -0.05) is 12.1 Å². The summed E-state index contributed by atoms with van der Waals surface area (Å²) in [6, 6.07) is 9.03. The predicted molar refractivity (Wildman–Crippen MR) is 72.6 cm³/mol. The summed E-state index contributed by atoms with van der Waals surface area (Å²) in [5.41, 5.74) is 0.769. The SMILES string of the molecule is CN(Cc1ccc(OC(F)F)cc1)C(=O)c1ccc(Cl)o1. The van der Waals surface area contributed by atoms with E-state index in [9.17, 15) is 13.6 Å². The van der Waals surface area contributed by atoms with Crippen molar-refractivity contribution in [1.29, 1.82) is 0 Å². The van der Waals surface area contributed by atoms with E-state index < -0.39 is 6.61 Å². The lowest BCUT2D eigenvalue weighted by Gasteiger charge is -2.16. The van der Waals surface area contributed by atoms with Gasteiger partial charge in [0.1, 0.15) is 5.75 Å². The third-order valence-corrected chi connectivity index (χ3v) is 2.90. The van der Waals surface area contributed by atoms with Crippen LogP contribution < -0.4 is 4.74 Å². The Kier molecular flexibility index (Phi) is 4.80. The molecule has 112 valence electrons. The van der Waals surface area contributed by atoms with E-state index in [1.54, 1.807) is 19.2 Å². The normalized spacial score (nSPS) is 10.7. The van der Waals surface area contributed by atoms with Gasteiger partial charge in [0, 0.05) is 13.6 Å². The maximum Gasteiger partial charge on any atom is 0.387 e. The van der Waals surface area contributed by atoms with Crippen LogP contribution in [0, 0.1) is 0 Å². The maximum absolute atomic E-state index is 12.0. The van der Waals surface area contributed by atoms with E-state index in [1.807, 2.05) is 0 Å². The fraction of sp³-hybridized carbons (Fsp3) is 0.214. The lowest BCUT2D eigenvalue weighted by Crippen LogP contribution is -2.25. The van der Waals surface area contributed by atoms with Crippen molar-refractivity contribution < 1.29 is 22.7 Å². The second kappa shape index (κ2) is 6.58. The molecule has 0 radical (unpaired) electrons. The Hall–Kier alpha value is -2.08. The van der Waals surface area contributed by atoms with Crippen molar-refractivity contribution in [2.45, 2.75) is 13.2 Å². The van der Waals surface area contributed by atoms with Crippen LogP contribution in [0.3, 0.4) is 0 Å². The molecule has 0 aliphatic carbocycles. The Morgan fingerprint density at radius 1 is 1.29 bits per heavy atom. The second-order valence-corrected chi connectivity index (χ2v) is 4.66. The second-order valence-electron chi connectivity index (χ2n) is 4.29. The highest BCUT2D eigenvalue weighted by Crippen LogP contribution is 2.18. The van der Waals surface area contributed by atoms with Crippen molar-refractivity contribution in [3.05, 3.63) is 52.9 Å². The number of alkyl halides is 2. The van der Waals surface area contributed by atoms with E-state index in [0.717, 1.165) is 5.56 Å². The molecule has 1 amide bonds. The molecule has 21 heavy (non-hydrogen) atoms. The van der Waals surface area contributed by atoms with Crippen LogP contribution in [0.5, 0.6) is 5.75 Å². The number of furan rings is 1. The zero-order valence-electron chi connectivity index (χ0n) is 11.1. The van der Waals surface area contributed by atoms with Gasteiger partial charge in [-0.2, -0.15) is 8.78 Å². The molecule has 0 N–H and O–H groups in total. The van der Waals surface area contributed by atoms with Crippen molar-refractivity contribution in [2.75, 3.05) is 7.05 Å². The summed E-state index contributed by atoms with van der Waals surface area (Å²) in [5, 5.41) is 0.139. The van der Waals surface area contributed by atoms with Gasteiger partial charge in [-0.05, 0) is 41.4 Å². The highest BCUT2D eigenvalue weighted by Gasteiger charge is 2.16. The molecule has 0 fully saturated rings. The average Bonchev–Trinajstić information content (AvgIpc) is 2.86. The third kappa shape index (κ3) is 4.19. The zero-order valence-corrected chi connectivity index (χ0v) is 11.8. The van der Waals surface area contributed by atoms with Crippen LogP contribution in [0.2, 0.25) is 5.22 Å². The molecule has 2 aromatic rings. The van der Waals surface area contributed by atoms with Crippen LogP contribution in [0.4, 0.5) is 8.78 Å². The van der Waals surface area contributed by atoms with Crippen molar-refractivity contribution in [2.24, 2.45) is 0 Å². The van der Waals surface area contributed by atoms with Gasteiger partial charge in [-0.3, -0.25) is 4.79 Å². The van der Waals surface area contributed by atoms with Crippen LogP contribution in [0.15, 0.2) is 40.8 Å². The largest absolute Gasteiger partial charge is 0.440 e. The lowest BCUT2D eigenvalue weighted by atomic mass is 10.2. The summed E-state index contributed by atoms with van der Waals surface area (Å²) in [6.07, 6.45) is 0. The molecule has 0 spiro atoms. The summed E-state index contributed by atoms with van der Waals surface area (Å²) < 4.78 is 33.3. The fourth-order valence-corrected chi connectivity index (χ4v) is 1.89. The summed E-state index contributed by atoms with van der Waals surface area (Å²) >= 11 is 5.62. The highest BCUT2D eigenvalue weighted by atomic mass is 35.5. The topological polar surface area (TPSA) is 42.7 Å². The molecule has 0 aliphatic heterocycles. The Morgan fingerprint density at radius 3 is 2.48 bits per heavy atom. The third-order valence-electron chi connectivity index (χ3n) is 2.70. The number of hydrogen-bond donors (Lipinski definition) is 0. The summed E-state index contributed by atoms with van der Waals surface area (Å²) in [7, 11) is 1.60. The average molecular weight is 316 g/mol. The Morgan fingerprint density at radius 2 is 1.95 bits per heavy atom. The van der Waals surface area contributed by atoms with Gasteiger partial charge in [-0.15, -0.1) is 0 Å². The standard InChI is InChI=1S/C14H12ClF2NO3/c1-18(13(19)11-6-7-12(15)21-11)8-9-2-4-10(5-3-9)20-14(16)17/h2-7,14H,8H2,1H3. The van der Waals surface area contributed by atoms with Crippen LogP contribution in [-0.4, -0.2) is 24.5 Å². The number of rotatable bonds is 5. The number of carbonyl (C=O) groups is 1. The summed E-state index contributed by atoms with van der Waals surface area (Å²) in [4.78, 5) is 13.5. The van der Waals surface area contributed by atoms with Gasteiger partial charge in [0.05, 0.1) is 0 Å². The number of nitrogens with zero attached hydrogens (tertiary/aromatic N) is 1. The van der Waals surface area contributed by atoms with E-state index in [-0.39, 0.29) is 22.6 Å². The number of hydrogen-bond acceptors (Lipinski definition) is 3. The molecule has 1 aromatic heterocycles. The number of benzene rings is 1. The first-order valence-electron chi connectivity index (χ1n) is 6.00. The Bertz CT molecular complexity index is 613. The maximum atomic E-state index is 12.0. The fourth-order valence-electron chi connectivity index (χ4n) is 1.74. The number of carbonyl (C=O) groups excluding carboxylic acids is 1. The predicted octanol–water partition coefficient (Wildman–Crippen LogP) is 3.81. The zero-order chi connectivity index (χ0) is 15.4. The molecule has 1 aromatic carbocycles. The minimum Gasteiger partial charge on any atom is -0.440 e. The molecular weight excluding hydrogens is 304 g/mol. The van der Waals surface area contributed by atoms with Crippen LogP contribution in [0.1, 0.15) is 16.1 Å². The molecule has 0 atom stereocenters. The number of halogens is 3. The van der Waals surface area contributed by atoms with E-state index in [2.05, 4.69) is 4.74 Å². The van der Waals surface area contributed by atoms with Gasteiger partial charge < -0.3 is 14.1 Å². The van der Waals surface area contributed by atoms with Gasteiger partial charge in [-0.25, -0.2) is 0 Å². The van der Waals surface area contributed by atoms with Gasteiger partial charge in [0.15, 0.2) is 11.0 Å². The van der Waals surface area contributed by atoms with E-state index in [1.165, 1.54) is 29.2 Å².